The van der Waals surface area contributed by atoms with E-state index >= 15 is 0 Å². The summed E-state index contributed by atoms with van der Waals surface area (Å²) in [7, 11) is 0. The summed E-state index contributed by atoms with van der Waals surface area (Å²) in [6, 6.07) is 11.2. The van der Waals surface area contributed by atoms with Crippen LogP contribution in [-0.2, 0) is 9.53 Å². The van der Waals surface area contributed by atoms with Gasteiger partial charge in [-0.15, -0.1) is 0 Å². The van der Waals surface area contributed by atoms with Crippen LogP contribution in [0.1, 0.15) is 37.8 Å². The fourth-order valence-corrected chi connectivity index (χ4v) is 2.54. The molecule has 2 rings (SSSR count). The fraction of sp³-hybridized carbons (Fsp3) is 0.263. The monoisotopic (exact) mass is 371 g/mol. The summed E-state index contributed by atoms with van der Waals surface area (Å²) in [4.78, 5) is 16.5. The largest absolute Gasteiger partial charge is 0.371 e. The number of aromatic nitrogens is 1. The molecule has 23 heavy (non-hydrogen) atoms. The molecule has 0 aliphatic heterocycles. The molecule has 0 bridgehead atoms. The Kier molecular flexibility index (Phi) is 5.57. The van der Waals surface area contributed by atoms with Gasteiger partial charge in [-0.25, -0.2) is 0 Å². The highest BCUT2D eigenvalue weighted by Crippen LogP contribution is 2.35. The van der Waals surface area contributed by atoms with Crippen LogP contribution in [0.15, 0.2) is 53.3 Å². The van der Waals surface area contributed by atoms with E-state index in [1.165, 1.54) is 0 Å². The van der Waals surface area contributed by atoms with Crippen LogP contribution >= 0.6 is 15.9 Å². The Bertz CT molecular complexity index is 722. The predicted octanol–water partition coefficient (Wildman–Crippen LogP) is 4.53. The molecule has 0 aliphatic rings. The predicted molar refractivity (Wildman–Crippen MR) is 93.5 cm³/mol. The van der Waals surface area contributed by atoms with Crippen molar-refractivity contribution in [3.05, 3.63) is 64.4 Å². The molecule has 118 valence electrons. The normalized spacial score (nSPS) is 12.0. The summed E-state index contributed by atoms with van der Waals surface area (Å²) in [6.07, 6.45) is 5.86. The van der Waals surface area contributed by atoms with Gasteiger partial charge in [0.25, 0.3) is 0 Å². The molecule has 0 spiro atoms. The quantitative estimate of drug-likeness (QED) is 0.575. The van der Waals surface area contributed by atoms with Crippen LogP contribution in [0, 0.1) is 17.4 Å². The molecular formula is C19H18BrNO2. The van der Waals surface area contributed by atoms with E-state index in [-0.39, 0.29) is 11.4 Å². The topological polar surface area (TPSA) is 39.2 Å². The van der Waals surface area contributed by atoms with Crippen LogP contribution in [0.4, 0.5) is 0 Å². The van der Waals surface area contributed by atoms with E-state index < -0.39 is 5.92 Å². The summed E-state index contributed by atoms with van der Waals surface area (Å²) in [5.74, 6) is 2.08. The van der Waals surface area contributed by atoms with Gasteiger partial charge < -0.3 is 4.74 Å². The third-order valence-electron chi connectivity index (χ3n) is 3.33. The minimum atomic E-state index is -0.398. The van der Waals surface area contributed by atoms with E-state index in [1.54, 1.807) is 12.4 Å². The Morgan fingerprint density at radius 3 is 2.30 bits per heavy atom. The number of halogens is 1. The molecule has 0 saturated carbocycles. The second kappa shape index (κ2) is 7.43. The van der Waals surface area contributed by atoms with Crippen molar-refractivity contribution in [2.75, 3.05) is 0 Å². The molecule has 1 atom stereocenters. The number of carbonyl (C=O) groups is 1. The summed E-state index contributed by atoms with van der Waals surface area (Å²) >= 11 is 3.36. The lowest BCUT2D eigenvalue weighted by molar-refractivity contribution is -0.141. The zero-order chi connectivity index (χ0) is 16.9. The van der Waals surface area contributed by atoms with Gasteiger partial charge in [-0.05, 0) is 53.3 Å². The van der Waals surface area contributed by atoms with E-state index in [0.717, 1.165) is 15.6 Å². The van der Waals surface area contributed by atoms with Crippen molar-refractivity contribution in [2.24, 2.45) is 5.41 Å². The zero-order valence-electron chi connectivity index (χ0n) is 13.3. The lowest BCUT2D eigenvalue weighted by Gasteiger charge is -2.28. The molecular weight excluding hydrogens is 354 g/mol. The van der Waals surface area contributed by atoms with Gasteiger partial charge in [-0.1, -0.05) is 36.7 Å². The van der Waals surface area contributed by atoms with E-state index in [9.17, 15) is 4.79 Å². The molecule has 1 aromatic heterocycles. The van der Waals surface area contributed by atoms with Crippen molar-refractivity contribution in [3.8, 4) is 12.0 Å². The maximum Gasteiger partial charge on any atom is 0.327 e. The van der Waals surface area contributed by atoms with Crippen molar-refractivity contribution in [2.45, 2.75) is 26.7 Å². The van der Waals surface area contributed by atoms with Crippen molar-refractivity contribution in [3.63, 3.8) is 0 Å². The second-order valence-electron chi connectivity index (χ2n) is 6.23. The van der Waals surface area contributed by atoms with Gasteiger partial charge in [0, 0.05) is 22.4 Å². The molecule has 1 heterocycles. The number of ether oxygens (including phenoxy) is 1. The minimum Gasteiger partial charge on any atom is -0.371 e. The maximum absolute atomic E-state index is 12.5. The highest BCUT2D eigenvalue weighted by molar-refractivity contribution is 9.10. The molecule has 4 heteroatoms. The first-order valence-corrected chi connectivity index (χ1v) is 8.04. The molecule has 0 radical (unpaired) electrons. The Labute approximate surface area is 145 Å². The van der Waals surface area contributed by atoms with E-state index in [0.29, 0.717) is 0 Å². The molecule has 0 aliphatic carbocycles. The van der Waals surface area contributed by atoms with Gasteiger partial charge in [-0.2, -0.15) is 0 Å². The number of pyridine rings is 1. The number of hydrogen-bond acceptors (Lipinski definition) is 3. The molecule has 1 unspecified atom stereocenters. The lowest BCUT2D eigenvalue weighted by atomic mass is 9.77. The first-order chi connectivity index (χ1) is 10.9. The summed E-state index contributed by atoms with van der Waals surface area (Å²) < 4.78 is 6.16. The van der Waals surface area contributed by atoms with Crippen molar-refractivity contribution < 1.29 is 9.53 Å². The lowest BCUT2D eigenvalue weighted by Crippen LogP contribution is -2.27. The number of esters is 1. The molecule has 2 aromatic rings. The van der Waals surface area contributed by atoms with Gasteiger partial charge >= 0.3 is 5.97 Å². The Morgan fingerprint density at radius 1 is 1.13 bits per heavy atom. The average molecular weight is 372 g/mol. The second-order valence-corrected chi connectivity index (χ2v) is 7.15. The highest BCUT2D eigenvalue weighted by Gasteiger charge is 2.34. The highest BCUT2D eigenvalue weighted by atomic mass is 79.9. The minimum absolute atomic E-state index is 0.280. The van der Waals surface area contributed by atoms with Crippen LogP contribution in [0.2, 0.25) is 0 Å². The number of rotatable bonds is 2. The number of carbonyl (C=O) groups excluding carboxylic acids is 1. The van der Waals surface area contributed by atoms with Crippen molar-refractivity contribution >= 4 is 21.9 Å². The Hall–Kier alpha value is -2.12. The summed E-state index contributed by atoms with van der Waals surface area (Å²) in [6.45, 7) is 6.00. The first-order valence-electron chi connectivity index (χ1n) is 7.25. The Morgan fingerprint density at radius 2 is 1.74 bits per heavy atom. The van der Waals surface area contributed by atoms with E-state index in [2.05, 4.69) is 32.9 Å². The maximum atomic E-state index is 12.5. The van der Waals surface area contributed by atoms with Crippen LogP contribution in [0.25, 0.3) is 0 Å². The first kappa shape index (κ1) is 17.2. The number of benzene rings is 1. The molecule has 0 saturated heterocycles. The molecule has 1 aromatic carbocycles. The average Bonchev–Trinajstić information content (AvgIpc) is 2.49. The third-order valence-corrected chi connectivity index (χ3v) is 3.86. The summed E-state index contributed by atoms with van der Waals surface area (Å²) in [5.41, 5.74) is 1.39. The summed E-state index contributed by atoms with van der Waals surface area (Å²) in [5, 5.41) is 0. The van der Waals surface area contributed by atoms with Gasteiger partial charge in [-0.3, -0.25) is 9.78 Å². The van der Waals surface area contributed by atoms with E-state index in [4.69, 9.17) is 4.74 Å². The third kappa shape index (κ3) is 4.94. The molecule has 0 N–H and O–H groups in total. The Balaban J connectivity index is 2.15. The van der Waals surface area contributed by atoms with Crippen LogP contribution in [0.3, 0.4) is 0 Å². The molecule has 0 amide bonds. The number of hydrogen-bond donors (Lipinski definition) is 0. The van der Waals surface area contributed by atoms with Gasteiger partial charge in [0.15, 0.2) is 0 Å². The van der Waals surface area contributed by atoms with Gasteiger partial charge in [0.05, 0.1) is 5.92 Å². The van der Waals surface area contributed by atoms with E-state index in [1.807, 2.05) is 57.2 Å². The molecule has 3 nitrogen and oxygen atoms in total. The van der Waals surface area contributed by atoms with Gasteiger partial charge in [0.2, 0.25) is 0 Å². The number of nitrogens with zero attached hydrogens (tertiary/aromatic N) is 1. The van der Waals surface area contributed by atoms with Gasteiger partial charge in [0.1, 0.15) is 6.11 Å². The van der Waals surface area contributed by atoms with Crippen LogP contribution in [0.5, 0.6) is 0 Å². The smallest absolute Gasteiger partial charge is 0.327 e. The SMILES string of the molecule is CC(C)(C)C(C(=O)OC#Cc1ccc(Br)cc1)c1ccncc1. The standard InChI is InChI=1S/C19H18BrNO2/c1-19(2,3)17(15-8-11-21-12-9-15)18(22)23-13-10-14-4-6-16(20)7-5-14/h4-9,11-12,17H,1-3H3. The van der Waals surface area contributed by atoms with Crippen molar-refractivity contribution in [1.29, 1.82) is 0 Å². The van der Waals surface area contributed by atoms with Crippen LogP contribution < -0.4 is 0 Å². The fourth-order valence-electron chi connectivity index (χ4n) is 2.27. The van der Waals surface area contributed by atoms with Crippen LogP contribution in [-0.4, -0.2) is 11.0 Å². The van der Waals surface area contributed by atoms with Crippen molar-refractivity contribution in [1.82, 2.24) is 4.98 Å². The zero-order valence-corrected chi connectivity index (χ0v) is 14.9. The molecule has 0 fully saturated rings.